The number of carbonyl (C=O) groups is 2. The third-order valence-corrected chi connectivity index (χ3v) is 5.57. The molecule has 2 amide bonds. The second-order valence-corrected chi connectivity index (χ2v) is 8.28. The van der Waals surface area contributed by atoms with Gasteiger partial charge in [0.2, 0.25) is 5.91 Å². The highest BCUT2D eigenvalue weighted by Gasteiger charge is 2.40. The van der Waals surface area contributed by atoms with Crippen LogP contribution in [0.1, 0.15) is 36.5 Å². The largest absolute Gasteiger partial charge is 0.389 e. The number of rotatable bonds is 4. The van der Waals surface area contributed by atoms with Crippen molar-refractivity contribution in [1.82, 2.24) is 10.2 Å². The third kappa shape index (κ3) is 5.83. The van der Waals surface area contributed by atoms with Gasteiger partial charge in [0.1, 0.15) is 6.10 Å². The SMILES string of the molecule is CCNC(=O)C[C@@H]1CC[C@H]2[C@@H](COC[C@H](O)CN2C(=O)c2cc(Cl)cc(Cl)c2)O1. The van der Waals surface area contributed by atoms with Crippen LogP contribution in [0.15, 0.2) is 18.2 Å². The Kier molecular flexibility index (Phi) is 7.76. The highest BCUT2D eigenvalue weighted by Crippen LogP contribution is 2.29. The Bertz CT molecular complexity index is 727. The highest BCUT2D eigenvalue weighted by atomic mass is 35.5. The molecule has 160 valence electrons. The number of fused-ring (bicyclic) bond motifs is 1. The minimum Gasteiger partial charge on any atom is -0.389 e. The number of nitrogens with zero attached hydrogens (tertiary/aromatic N) is 1. The van der Waals surface area contributed by atoms with E-state index in [4.69, 9.17) is 32.7 Å². The summed E-state index contributed by atoms with van der Waals surface area (Å²) in [6.45, 7) is 2.91. The maximum atomic E-state index is 13.3. The number of carbonyl (C=O) groups excluding carboxylic acids is 2. The molecule has 2 N–H and O–H groups in total. The Labute approximate surface area is 180 Å². The Morgan fingerprint density at radius 3 is 2.62 bits per heavy atom. The molecule has 3 rings (SSSR count). The lowest BCUT2D eigenvalue weighted by atomic mass is 9.94. The molecule has 2 heterocycles. The molecule has 0 aliphatic carbocycles. The number of amides is 2. The van der Waals surface area contributed by atoms with Crippen LogP contribution in [0.5, 0.6) is 0 Å². The van der Waals surface area contributed by atoms with Crippen LogP contribution < -0.4 is 5.32 Å². The summed E-state index contributed by atoms with van der Waals surface area (Å²) in [5, 5.41) is 13.8. The van der Waals surface area contributed by atoms with Gasteiger partial charge < -0.3 is 24.8 Å². The number of benzene rings is 1. The summed E-state index contributed by atoms with van der Waals surface area (Å²) in [5.74, 6) is -0.323. The van der Waals surface area contributed by atoms with Crippen molar-refractivity contribution in [2.24, 2.45) is 0 Å². The van der Waals surface area contributed by atoms with E-state index in [2.05, 4.69) is 5.32 Å². The van der Waals surface area contributed by atoms with Gasteiger partial charge in [0.05, 0.1) is 37.9 Å². The van der Waals surface area contributed by atoms with Crippen LogP contribution in [0.2, 0.25) is 10.0 Å². The second kappa shape index (κ2) is 10.1. The van der Waals surface area contributed by atoms with Crippen LogP contribution in [0.3, 0.4) is 0 Å². The van der Waals surface area contributed by atoms with Gasteiger partial charge in [-0.1, -0.05) is 23.2 Å². The van der Waals surface area contributed by atoms with Crippen LogP contribution in [-0.4, -0.2) is 72.5 Å². The van der Waals surface area contributed by atoms with Crippen LogP contribution in [-0.2, 0) is 14.3 Å². The summed E-state index contributed by atoms with van der Waals surface area (Å²) >= 11 is 12.1. The first-order valence-electron chi connectivity index (χ1n) is 9.82. The van der Waals surface area contributed by atoms with Gasteiger partial charge in [-0.2, -0.15) is 0 Å². The summed E-state index contributed by atoms with van der Waals surface area (Å²) in [6.07, 6.45) is 0.141. The summed E-state index contributed by atoms with van der Waals surface area (Å²) in [5.41, 5.74) is 0.361. The number of aliphatic hydroxyl groups excluding tert-OH is 1. The minimum atomic E-state index is -0.803. The van der Waals surface area contributed by atoms with Gasteiger partial charge in [-0.3, -0.25) is 9.59 Å². The van der Waals surface area contributed by atoms with Gasteiger partial charge in [-0.05, 0) is 38.0 Å². The predicted molar refractivity (Wildman–Crippen MR) is 109 cm³/mol. The number of hydrogen-bond donors (Lipinski definition) is 2. The summed E-state index contributed by atoms with van der Waals surface area (Å²) in [6, 6.07) is 4.41. The fraction of sp³-hybridized carbons (Fsp3) is 0.600. The van der Waals surface area contributed by atoms with E-state index in [1.165, 1.54) is 0 Å². The van der Waals surface area contributed by atoms with Crippen molar-refractivity contribution in [1.29, 1.82) is 0 Å². The number of aliphatic hydroxyl groups is 1. The predicted octanol–water partition coefficient (Wildman–Crippen LogP) is 2.27. The molecule has 29 heavy (non-hydrogen) atoms. The van der Waals surface area contributed by atoms with Gasteiger partial charge in [0, 0.05) is 28.7 Å². The van der Waals surface area contributed by atoms with E-state index < -0.39 is 6.10 Å². The maximum Gasteiger partial charge on any atom is 0.254 e. The lowest BCUT2D eigenvalue weighted by Crippen LogP contribution is -2.57. The van der Waals surface area contributed by atoms with Gasteiger partial charge >= 0.3 is 0 Å². The molecule has 0 radical (unpaired) electrons. The molecule has 1 aromatic rings. The van der Waals surface area contributed by atoms with Crippen molar-refractivity contribution in [3.63, 3.8) is 0 Å². The van der Waals surface area contributed by atoms with E-state index in [-0.39, 0.29) is 56.2 Å². The van der Waals surface area contributed by atoms with E-state index in [1.807, 2.05) is 6.92 Å². The van der Waals surface area contributed by atoms with E-state index in [9.17, 15) is 14.7 Å². The quantitative estimate of drug-likeness (QED) is 0.743. The van der Waals surface area contributed by atoms with E-state index >= 15 is 0 Å². The van der Waals surface area contributed by atoms with Crippen molar-refractivity contribution in [3.05, 3.63) is 33.8 Å². The van der Waals surface area contributed by atoms with Crippen molar-refractivity contribution in [2.45, 2.75) is 50.5 Å². The standard InChI is InChI=1S/C20H26Cl2N2O5/c1-2-23-19(26)8-16-3-4-17-18(29-16)11-28-10-15(25)9-24(17)20(27)12-5-13(21)7-14(22)6-12/h5-7,15-18,25H,2-4,8-11H2,1H3,(H,23,26)/t15-,16+,17+,18-/m1/s1. The van der Waals surface area contributed by atoms with Gasteiger partial charge in [-0.15, -0.1) is 0 Å². The first-order valence-corrected chi connectivity index (χ1v) is 10.6. The van der Waals surface area contributed by atoms with Crippen LogP contribution in [0.4, 0.5) is 0 Å². The normalized spacial score (nSPS) is 27.5. The molecule has 7 nitrogen and oxygen atoms in total. The summed E-state index contributed by atoms with van der Waals surface area (Å²) in [7, 11) is 0. The molecular formula is C20H26Cl2N2O5. The average Bonchev–Trinajstić information content (AvgIpc) is 2.64. The molecule has 2 aliphatic rings. The Balaban J connectivity index is 1.78. The summed E-state index contributed by atoms with van der Waals surface area (Å²) < 4.78 is 11.7. The zero-order valence-electron chi connectivity index (χ0n) is 16.3. The van der Waals surface area contributed by atoms with Crippen molar-refractivity contribution in [2.75, 3.05) is 26.3 Å². The smallest absolute Gasteiger partial charge is 0.254 e. The van der Waals surface area contributed by atoms with Crippen molar-refractivity contribution >= 4 is 35.0 Å². The van der Waals surface area contributed by atoms with Crippen molar-refractivity contribution < 1.29 is 24.2 Å². The van der Waals surface area contributed by atoms with Crippen LogP contribution in [0.25, 0.3) is 0 Å². The zero-order valence-corrected chi connectivity index (χ0v) is 17.8. The molecule has 2 saturated heterocycles. The highest BCUT2D eigenvalue weighted by molar-refractivity contribution is 6.35. The average molecular weight is 445 g/mol. The molecule has 0 saturated carbocycles. The fourth-order valence-corrected chi connectivity index (χ4v) is 4.42. The Morgan fingerprint density at radius 1 is 1.21 bits per heavy atom. The fourth-order valence-electron chi connectivity index (χ4n) is 3.89. The monoisotopic (exact) mass is 444 g/mol. The molecule has 0 unspecified atom stereocenters. The molecule has 9 heteroatoms. The number of hydrogen-bond acceptors (Lipinski definition) is 5. The first-order chi connectivity index (χ1) is 13.9. The maximum absolute atomic E-state index is 13.3. The Hall–Kier alpha value is -1.38. The molecule has 0 spiro atoms. The summed E-state index contributed by atoms with van der Waals surface area (Å²) in [4.78, 5) is 26.8. The molecule has 2 fully saturated rings. The molecule has 0 bridgehead atoms. The molecule has 1 aromatic carbocycles. The Morgan fingerprint density at radius 2 is 1.93 bits per heavy atom. The van der Waals surface area contributed by atoms with Crippen molar-refractivity contribution in [3.8, 4) is 0 Å². The topological polar surface area (TPSA) is 88.1 Å². The number of β-amino-alcohol motifs (C(OH)–C–C–N with tert-alkyl or cyclic N) is 1. The van der Waals surface area contributed by atoms with Gasteiger partial charge in [0.25, 0.3) is 5.91 Å². The molecule has 4 atom stereocenters. The zero-order chi connectivity index (χ0) is 21.0. The van der Waals surface area contributed by atoms with Gasteiger partial charge in [0.15, 0.2) is 0 Å². The second-order valence-electron chi connectivity index (χ2n) is 7.41. The number of nitrogens with one attached hydrogen (secondary N) is 1. The third-order valence-electron chi connectivity index (χ3n) is 5.14. The lowest BCUT2D eigenvalue weighted by Gasteiger charge is -2.44. The van der Waals surface area contributed by atoms with Gasteiger partial charge in [-0.25, -0.2) is 0 Å². The number of ether oxygens (including phenoxy) is 2. The molecular weight excluding hydrogens is 419 g/mol. The van der Waals surface area contributed by atoms with Crippen LogP contribution >= 0.6 is 23.2 Å². The van der Waals surface area contributed by atoms with E-state index in [0.717, 1.165) is 0 Å². The molecule has 2 aliphatic heterocycles. The number of halogens is 2. The lowest BCUT2D eigenvalue weighted by molar-refractivity contribution is -0.150. The van der Waals surface area contributed by atoms with E-state index in [0.29, 0.717) is 35.0 Å². The minimum absolute atomic E-state index is 0.0559. The molecule has 0 aromatic heterocycles. The van der Waals surface area contributed by atoms with E-state index in [1.54, 1.807) is 23.1 Å². The first kappa shape index (κ1) is 22.3. The van der Waals surface area contributed by atoms with Crippen LogP contribution in [0, 0.1) is 0 Å².